The molecule has 1 saturated carbocycles. The topological polar surface area (TPSA) is 0 Å². The monoisotopic (exact) mass is 770 g/mol. The molecular formula is C44H54Cl2SiZr. The van der Waals surface area contributed by atoms with Gasteiger partial charge < -0.3 is 0 Å². The molecule has 3 aliphatic rings. The first-order valence-electron chi connectivity index (χ1n) is 17.9. The Morgan fingerprint density at radius 3 is 1.50 bits per heavy atom. The summed E-state index contributed by atoms with van der Waals surface area (Å²) in [5, 5.41) is 0. The van der Waals surface area contributed by atoms with Gasteiger partial charge in [0.25, 0.3) is 0 Å². The van der Waals surface area contributed by atoms with E-state index in [0.29, 0.717) is 19.1 Å². The van der Waals surface area contributed by atoms with Crippen LogP contribution < -0.4 is 0 Å². The van der Waals surface area contributed by atoms with E-state index in [1.54, 1.807) is 22.3 Å². The second kappa shape index (κ2) is 14.0. The standard InChI is InChI=1S/C23H25.C19H19.2CH3.2ClH.H2Si.Zr/c1-16(2)17-10-12-19(13-11-17)22-9-5-8-20-14-21(15-23(20)22)18-6-3-4-7-18;1-13(2)15-7-9-16(10-8-15)18-6-4-5-17-11-14(3)12-19(17)18;;;;;;/h5,8-16,18H,3-4,6-7H2,1-2H3;4-13H,1-3H3;2*1H3;2*1H;1H2;. The molecule has 0 heterocycles. The van der Waals surface area contributed by atoms with Crippen molar-refractivity contribution in [2.24, 2.45) is 5.92 Å². The number of allylic oxidation sites excluding steroid dienone is 2. The van der Waals surface area contributed by atoms with Crippen LogP contribution in [0.15, 0.2) is 96.1 Å². The van der Waals surface area contributed by atoms with Crippen molar-refractivity contribution in [2.75, 3.05) is 0 Å². The fourth-order valence-corrected chi connectivity index (χ4v) is 30.0. The number of benzene rings is 4. The summed E-state index contributed by atoms with van der Waals surface area (Å²) in [6.45, 7) is 14.1. The van der Waals surface area contributed by atoms with Gasteiger partial charge in [0.1, 0.15) is 0 Å². The predicted molar refractivity (Wildman–Crippen MR) is 216 cm³/mol. The smallest absolute Gasteiger partial charge is 0.147 e. The third-order valence-electron chi connectivity index (χ3n) is 11.9. The molecule has 4 aromatic carbocycles. The number of fused-ring (bicyclic) bond motifs is 2. The minimum atomic E-state index is -3.66. The van der Waals surface area contributed by atoms with Gasteiger partial charge in [-0.25, -0.2) is 0 Å². The average Bonchev–Trinajstić information content (AvgIpc) is 3.78. The van der Waals surface area contributed by atoms with Gasteiger partial charge in [-0.05, 0) is 0 Å². The van der Waals surface area contributed by atoms with Gasteiger partial charge in [-0.15, -0.1) is 24.8 Å². The van der Waals surface area contributed by atoms with Crippen LogP contribution in [0.4, 0.5) is 0 Å². The largest absolute Gasteiger partial charge is 0.147 e. The van der Waals surface area contributed by atoms with Crippen LogP contribution in [-0.2, 0) is 17.4 Å². The summed E-state index contributed by atoms with van der Waals surface area (Å²) in [6, 6.07) is 33.2. The van der Waals surface area contributed by atoms with Gasteiger partial charge in [-0.3, -0.25) is 0 Å². The van der Waals surface area contributed by atoms with E-state index in [1.165, 1.54) is 70.2 Å². The first-order valence-corrected chi connectivity index (χ1v) is 31.5. The van der Waals surface area contributed by atoms with Crippen LogP contribution >= 0.6 is 24.8 Å². The molecule has 7 rings (SSSR count). The van der Waals surface area contributed by atoms with Gasteiger partial charge in [0.2, 0.25) is 0 Å². The Bertz CT molecular complexity index is 1930. The van der Waals surface area contributed by atoms with Gasteiger partial charge in [-0.1, -0.05) is 0 Å². The quantitative estimate of drug-likeness (QED) is 0.164. The Morgan fingerprint density at radius 2 is 1.04 bits per heavy atom. The minimum Gasteiger partial charge on any atom is -0.147 e. The summed E-state index contributed by atoms with van der Waals surface area (Å²) in [6.07, 6.45) is 10.7. The fourth-order valence-electron chi connectivity index (χ4n) is 9.67. The molecule has 1 fully saturated rings. The SMILES string of the molecule is CC1=Cc2c(-c3ccc(C(C)C)cc3)cccc2[CH]1[Zr]([CH3])([CH3])(=[SiH2])[CH]1C(C2CCCC2)=Cc2c(-c3ccc(C(C)C)cc3)cccc21.Cl.Cl. The molecule has 48 heavy (non-hydrogen) atoms. The number of rotatable bonds is 7. The molecule has 0 N–H and O–H groups in total. The van der Waals surface area contributed by atoms with E-state index in [4.69, 9.17) is 0 Å². The van der Waals surface area contributed by atoms with E-state index in [1.807, 2.05) is 0 Å². The molecule has 0 saturated heterocycles. The van der Waals surface area contributed by atoms with E-state index in [-0.39, 0.29) is 24.8 Å². The Hall–Kier alpha value is -1.96. The van der Waals surface area contributed by atoms with Crippen LogP contribution in [0.2, 0.25) is 9.26 Å². The molecule has 0 radical (unpaired) electrons. The van der Waals surface area contributed by atoms with E-state index >= 15 is 0 Å². The maximum absolute atomic E-state index is 3.66. The molecule has 0 aliphatic heterocycles. The predicted octanol–water partition coefficient (Wildman–Crippen LogP) is 13.2. The summed E-state index contributed by atoms with van der Waals surface area (Å²) in [7, 11) is 0. The van der Waals surface area contributed by atoms with Gasteiger partial charge in [0.05, 0.1) is 0 Å². The van der Waals surface area contributed by atoms with Crippen LogP contribution in [0.25, 0.3) is 34.4 Å². The summed E-state index contributed by atoms with van der Waals surface area (Å²) >= 11 is -3.66. The summed E-state index contributed by atoms with van der Waals surface area (Å²) in [5.74, 6) is 1.83. The van der Waals surface area contributed by atoms with Crippen molar-refractivity contribution in [3.05, 3.63) is 129 Å². The molecule has 3 aliphatic carbocycles. The molecule has 0 spiro atoms. The van der Waals surface area contributed by atoms with Crippen molar-refractivity contribution >= 4 is 43.8 Å². The molecule has 2 atom stereocenters. The van der Waals surface area contributed by atoms with E-state index in [0.717, 1.165) is 5.92 Å². The fraction of sp³-hybridized carbons (Fsp3) is 0.364. The van der Waals surface area contributed by atoms with Crippen molar-refractivity contribution in [3.63, 3.8) is 0 Å². The van der Waals surface area contributed by atoms with E-state index in [9.17, 15) is 0 Å². The molecule has 0 aromatic heterocycles. The van der Waals surface area contributed by atoms with Gasteiger partial charge in [0, 0.05) is 0 Å². The number of hydrogen-bond acceptors (Lipinski definition) is 0. The van der Waals surface area contributed by atoms with Crippen LogP contribution in [0.3, 0.4) is 0 Å². The van der Waals surface area contributed by atoms with E-state index < -0.39 is 17.4 Å². The Balaban J connectivity index is 0.00000225. The molecular weight excluding hydrogens is 719 g/mol. The Kier molecular flexibility index (Phi) is 10.9. The minimum absolute atomic E-state index is 0. The summed E-state index contributed by atoms with van der Waals surface area (Å²) in [4.78, 5) is 0. The van der Waals surface area contributed by atoms with Crippen LogP contribution in [0.1, 0.15) is 113 Å². The Labute approximate surface area is 305 Å². The third kappa shape index (κ3) is 6.38. The number of hydrogen-bond donors (Lipinski definition) is 0. The van der Waals surface area contributed by atoms with Crippen molar-refractivity contribution < 1.29 is 17.4 Å². The van der Waals surface area contributed by atoms with Crippen molar-refractivity contribution in [2.45, 2.75) is 88.7 Å². The first kappa shape index (κ1) is 37.3. The summed E-state index contributed by atoms with van der Waals surface area (Å²) < 4.78 is 6.74. The second-order valence-corrected chi connectivity index (χ2v) is 47.0. The molecule has 252 valence electrons. The van der Waals surface area contributed by atoms with Crippen LogP contribution in [0, 0.1) is 5.92 Å². The van der Waals surface area contributed by atoms with Gasteiger partial charge in [0.15, 0.2) is 0 Å². The zero-order valence-electron chi connectivity index (χ0n) is 30.0. The maximum atomic E-state index is 2.81. The number of halogens is 2. The van der Waals surface area contributed by atoms with Crippen molar-refractivity contribution in [1.82, 2.24) is 0 Å². The van der Waals surface area contributed by atoms with Gasteiger partial charge in [-0.2, -0.15) is 0 Å². The molecule has 2 unspecified atom stereocenters. The van der Waals surface area contributed by atoms with Crippen LogP contribution in [0.5, 0.6) is 0 Å². The van der Waals surface area contributed by atoms with E-state index in [2.05, 4.69) is 148 Å². The maximum Gasteiger partial charge on any atom is -0.147 e. The third-order valence-corrected chi connectivity index (χ3v) is 29.5. The Morgan fingerprint density at radius 1 is 0.604 bits per heavy atom. The normalized spacial score (nSPS) is 19.0. The molecule has 0 bridgehead atoms. The first-order chi connectivity index (χ1) is 21.9. The molecule has 4 heteroatoms. The zero-order valence-corrected chi connectivity index (χ0v) is 35.5. The molecule has 0 nitrogen and oxygen atoms in total. The average molecular weight is 773 g/mol. The van der Waals surface area contributed by atoms with Crippen molar-refractivity contribution in [1.29, 1.82) is 0 Å². The molecule has 4 aromatic rings. The van der Waals surface area contributed by atoms with Crippen molar-refractivity contribution in [3.8, 4) is 22.3 Å². The second-order valence-electron chi connectivity index (χ2n) is 16.5. The molecule has 0 amide bonds. The zero-order chi connectivity index (χ0) is 32.4. The van der Waals surface area contributed by atoms with Crippen LogP contribution in [-0.4, -0.2) is 6.88 Å². The summed E-state index contributed by atoms with van der Waals surface area (Å²) in [5.41, 5.74) is 17.9. The van der Waals surface area contributed by atoms with Gasteiger partial charge >= 0.3 is 283 Å².